The second-order valence-corrected chi connectivity index (χ2v) is 10.1. The number of aryl methyl sites for hydroxylation is 1. The molecule has 0 atom stereocenters. The van der Waals surface area contributed by atoms with Crippen molar-refractivity contribution in [2.75, 3.05) is 17.7 Å². The van der Waals surface area contributed by atoms with E-state index in [2.05, 4.69) is 15.6 Å². The number of nitrogens with one attached hydrogen (secondary N) is 2. The molecule has 4 rings (SSSR count). The number of carbonyl (C=O) groups is 2. The molecule has 0 spiro atoms. The van der Waals surface area contributed by atoms with Crippen LogP contribution in [0.2, 0.25) is 0 Å². The minimum absolute atomic E-state index is 0.313. The second-order valence-electron chi connectivity index (χ2n) is 9.04. The zero-order valence-electron chi connectivity index (χ0n) is 19.6. The molecule has 0 aliphatic heterocycles. The van der Waals surface area contributed by atoms with E-state index in [1.54, 1.807) is 24.5 Å². The highest BCUT2D eigenvalue weighted by atomic mass is 32.1. The number of carboxylic acid groups (broad SMARTS) is 1. The van der Waals surface area contributed by atoms with Crippen LogP contribution in [0.15, 0.2) is 48.7 Å². The van der Waals surface area contributed by atoms with Crippen LogP contribution < -0.4 is 15.4 Å². The Morgan fingerprint density at radius 3 is 2.44 bits per heavy atom. The Bertz CT molecular complexity index is 1180. The molecule has 1 saturated carbocycles. The van der Waals surface area contributed by atoms with Gasteiger partial charge in [0.2, 0.25) is 0 Å². The van der Waals surface area contributed by atoms with Crippen molar-refractivity contribution in [2.45, 2.75) is 45.4 Å². The standard InChI is InChI=1S/C26H29N3O4S/c1-16-14-20(33-3)8-9-21(16)29-25(32)28-19-6-4-17(5-7-19)22-15-27-23(34-22)18-10-12-26(2,13-11-18)24(30)31/h4-9,14-15,18H,10-13H2,1-3H3,(H,30,31)(H2,28,29,32). The number of thiazole rings is 1. The van der Waals surface area contributed by atoms with Gasteiger partial charge in [-0.2, -0.15) is 0 Å². The van der Waals surface area contributed by atoms with Crippen molar-refractivity contribution in [3.8, 4) is 16.2 Å². The van der Waals surface area contributed by atoms with Crippen LogP contribution in [-0.4, -0.2) is 29.2 Å². The zero-order chi connectivity index (χ0) is 24.3. The van der Waals surface area contributed by atoms with Gasteiger partial charge in [0.15, 0.2) is 0 Å². The van der Waals surface area contributed by atoms with Crippen LogP contribution in [0.1, 0.15) is 49.1 Å². The van der Waals surface area contributed by atoms with E-state index in [9.17, 15) is 14.7 Å². The van der Waals surface area contributed by atoms with E-state index in [1.165, 1.54) is 0 Å². The fourth-order valence-corrected chi connectivity index (χ4v) is 5.32. The van der Waals surface area contributed by atoms with Gasteiger partial charge in [0.05, 0.1) is 22.4 Å². The topological polar surface area (TPSA) is 101 Å². The van der Waals surface area contributed by atoms with Gasteiger partial charge in [-0.25, -0.2) is 9.78 Å². The normalized spacial score (nSPS) is 19.9. The van der Waals surface area contributed by atoms with E-state index < -0.39 is 11.4 Å². The average Bonchev–Trinajstić information content (AvgIpc) is 3.31. The van der Waals surface area contributed by atoms with E-state index in [4.69, 9.17) is 4.74 Å². The Labute approximate surface area is 203 Å². The minimum Gasteiger partial charge on any atom is -0.497 e. The highest BCUT2D eigenvalue weighted by Gasteiger charge is 2.38. The highest BCUT2D eigenvalue weighted by molar-refractivity contribution is 7.15. The van der Waals surface area contributed by atoms with Crippen LogP contribution >= 0.6 is 11.3 Å². The Morgan fingerprint density at radius 1 is 1.12 bits per heavy atom. The minimum atomic E-state index is -0.702. The quantitative estimate of drug-likeness (QED) is 0.374. The van der Waals surface area contributed by atoms with Crippen LogP contribution in [0.5, 0.6) is 5.75 Å². The number of nitrogens with zero attached hydrogens (tertiary/aromatic N) is 1. The van der Waals surface area contributed by atoms with Gasteiger partial charge in [-0.05, 0) is 81.0 Å². The van der Waals surface area contributed by atoms with Gasteiger partial charge in [0, 0.05) is 23.5 Å². The summed E-state index contributed by atoms with van der Waals surface area (Å²) in [5.41, 5.74) is 2.75. The van der Waals surface area contributed by atoms with Crippen molar-refractivity contribution in [1.29, 1.82) is 0 Å². The largest absolute Gasteiger partial charge is 0.497 e. The molecule has 0 saturated heterocycles. The molecule has 2 amide bonds. The molecule has 178 valence electrons. The summed E-state index contributed by atoms with van der Waals surface area (Å²) in [6.45, 7) is 3.75. The molecule has 0 bridgehead atoms. The third-order valence-electron chi connectivity index (χ3n) is 6.59. The predicted octanol–water partition coefficient (Wildman–Crippen LogP) is 6.52. The number of benzene rings is 2. The number of amides is 2. The number of methoxy groups -OCH3 is 1. The highest BCUT2D eigenvalue weighted by Crippen LogP contribution is 2.44. The Kier molecular flexibility index (Phi) is 6.88. The van der Waals surface area contributed by atoms with Crippen molar-refractivity contribution in [3.05, 3.63) is 59.2 Å². The van der Waals surface area contributed by atoms with Gasteiger partial charge >= 0.3 is 12.0 Å². The number of aliphatic carboxylic acids is 1. The molecule has 0 unspecified atom stereocenters. The molecule has 1 fully saturated rings. The third-order valence-corrected chi connectivity index (χ3v) is 7.80. The van der Waals surface area contributed by atoms with Crippen LogP contribution in [0.4, 0.5) is 16.2 Å². The average molecular weight is 480 g/mol. The summed E-state index contributed by atoms with van der Waals surface area (Å²) in [5.74, 6) is 0.358. The Hall–Kier alpha value is -3.39. The summed E-state index contributed by atoms with van der Waals surface area (Å²) < 4.78 is 5.20. The van der Waals surface area contributed by atoms with Gasteiger partial charge in [-0.1, -0.05) is 12.1 Å². The smallest absolute Gasteiger partial charge is 0.323 e. The maximum atomic E-state index is 12.4. The molecule has 1 aliphatic carbocycles. The van der Waals surface area contributed by atoms with E-state index >= 15 is 0 Å². The monoisotopic (exact) mass is 479 g/mol. The maximum Gasteiger partial charge on any atom is 0.323 e. The third kappa shape index (κ3) is 5.22. The Morgan fingerprint density at radius 2 is 1.82 bits per heavy atom. The summed E-state index contributed by atoms with van der Waals surface area (Å²) in [4.78, 5) is 29.6. The molecule has 1 aromatic heterocycles. The van der Waals surface area contributed by atoms with Gasteiger partial charge in [-0.15, -0.1) is 11.3 Å². The first-order valence-electron chi connectivity index (χ1n) is 11.3. The lowest BCUT2D eigenvalue weighted by Gasteiger charge is -2.32. The number of carbonyl (C=O) groups excluding carboxylic acids is 1. The SMILES string of the molecule is COc1ccc(NC(=O)Nc2ccc(-c3cnc(C4CCC(C)(C(=O)O)CC4)s3)cc2)c(C)c1. The number of ether oxygens (including phenoxy) is 1. The molecule has 3 N–H and O–H groups in total. The lowest BCUT2D eigenvalue weighted by atomic mass is 9.72. The molecule has 0 radical (unpaired) electrons. The van der Waals surface area contributed by atoms with Crippen LogP contribution in [0.25, 0.3) is 10.4 Å². The van der Waals surface area contributed by atoms with Crippen LogP contribution in [0, 0.1) is 12.3 Å². The van der Waals surface area contributed by atoms with E-state index in [0.29, 0.717) is 24.4 Å². The summed E-state index contributed by atoms with van der Waals surface area (Å²) in [6, 6.07) is 12.8. The lowest BCUT2D eigenvalue weighted by molar-refractivity contribution is -0.149. The Balaban J connectivity index is 1.36. The van der Waals surface area contributed by atoms with E-state index in [0.717, 1.165) is 45.3 Å². The molecule has 8 heteroatoms. The van der Waals surface area contributed by atoms with E-state index in [-0.39, 0.29) is 6.03 Å². The van der Waals surface area contributed by atoms with Crippen molar-refractivity contribution in [1.82, 2.24) is 4.98 Å². The van der Waals surface area contributed by atoms with Crippen LogP contribution in [-0.2, 0) is 4.79 Å². The zero-order valence-corrected chi connectivity index (χ0v) is 20.4. The summed E-state index contributed by atoms with van der Waals surface area (Å²) in [5, 5.41) is 16.2. The van der Waals surface area contributed by atoms with Crippen molar-refractivity contribution in [2.24, 2.45) is 5.41 Å². The first-order chi connectivity index (χ1) is 16.3. The van der Waals surface area contributed by atoms with E-state index in [1.807, 2.05) is 56.4 Å². The maximum absolute atomic E-state index is 12.4. The molecule has 3 aromatic rings. The molecule has 1 heterocycles. The number of carboxylic acids is 1. The van der Waals surface area contributed by atoms with Gasteiger partial charge in [-0.3, -0.25) is 4.79 Å². The molecule has 34 heavy (non-hydrogen) atoms. The number of anilines is 2. The fourth-order valence-electron chi connectivity index (χ4n) is 4.23. The fraction of sp³-hybridized carbons (Fsp3) is 0.346. The van der Waals surface area contributed by atoms with Crippen LogP contribution in [0.3, 0.4) is 0 Å². The van der Waals surface area contributed by atoms with Crippen molar-refractivity contribution >= 4 is 34.7 Å². The predicted molar refractivity (Wildman–Crippen MR) is 135 cm³/mol. The lowest BCUT2D eigenvalue weighted by Crippen LogP contribution is -2.31. The molecular formula is C26H29N3O4S. The molecule has 1 aliphatic rings. The second kappa shape index (κ2) is 9.85. The van der Waals surface area contributed by atoms with Gasteiger partial charge < -0.3 is 20.5 Å². The van der Waals surface area contributed by atoms with Gasteiger partial charge in [0.1, 0.15) is 5.75 Å². The first kappa shape index (κ1) is 23.8. The molecular weight excluding hydrogens is 450 g/mol. The summed E-state index contributed by atoms with van der Waals surface area (Å²) in [6.07, 6.45) is 4.94. The molecule has 2 aromatic carbocycles. The first-order valence-corrected chi connectivity index (χ1v) is 12.1. The summed E-state index contributed by atoms with van der Waals surface area (Å²) >= 11 is 1.66. The number of hydrogen-bond acceptors (Lipinski definition) is 5. The number of rotatable bonds is 6. The number of aromatic nitrogens is 1. The van der Waals surface area contributed by atoms with Crippen molar-refractivity contribution < 1.29 is 19.4 Å². The summed E-state index contributed by atoms with van der Waals surface area (Å²) in [7, 11) is 1.61. The molecule has 7 nitrogen and oxygen atoms in total. The number of hydrogen-bond donors (Lipinski definition) is 3. The number of urea groups is 1. The van der Waals surface area contributed by atoms with Gasteiger partial charge in [0.25, 0.3) is 0 Å². The van der Waals surface area contributed by atoms with Crippen molar-refractivity contribution in [3.63, 3.8) is 0 Å².